The predicted octanol–water partition coefficient (Wildman–Crippen LogP) is -4.58. The van der Waals surface area contributed by atoms with Crippen molar-refractivity contribution < 1.29 is 58.4 Å². The number of carboxylic acids is 2. The van der Waals surface area contributed by atoms with E-state index in [1.807, 2.05) is 0 Å². The molecule has 1 radical (unpaired) electrons. The number of hydrogen-bond donors (Lipinski definition) is 0. The maximum absolute atomic E-state index is 10.2. The first kappa shape index (κ1) is 15.8. The standard InChI is InChI=1S/C8H6O4.ClH.Zr/c9-7(10)5-1-2-6(4-3-5)8(11)12;;/h1-4H,(H,9,10)(H,11,12);1H;/q;;+3/p-3. The molecule has 0 fully saturated rings. The van der Waals surface area contributed by atoms with E-state index in [0.717, 1.165) is 24.3 Å². The van der Waals surface area contributed by atoms with Gasteiger partial charge in [-0.2, -0.15) is 0 Å². The second-order valence-electron chi connectivity index (χ2n) is 2.15. The van der Waals surface area contributed by atoms with Gasteiger partial charge in [-0.15, -0.1) is 0 Å². The Kier molecular flexibility index (Phi) is 7.60. The van der Waals surface area contributed by atoms with Crippen LogP contribution < -0.4 is 22.6 Å². The van der Waals surface area contributed by atoms with Crippen LogP contribution in [0.15, 0.2) is 24.3 Å². The summed E-state index contributed by atoms with van der Waals surface area (Å²) in [4.78, 5) is 20.4. The summed E-state index contributed by atoms with van der Waals surface area (Å²) in [6, 6.07) is 4.61. The minimum Gasteiger partial charge on any atom is -1.00 e. The third-order valence-corrected chi connectivity index (χ3v) is 1.36. The quantitative estimate of drug-likeness (QED) is 0.549. The third-order valence-electron chi connectivity index (χ3n) is 1.36. The van der Waals surface area contributed by atoms with Crippen molar-refractivity contribution in [3.8, 4) is 0 Å². The van der Waals surface area contributed by atoms with Gasteiger partial charge < -0.3 is 32.2 Å². The molecule has 1 rings (SSSR count). The first-order chi connectivity index (χ1) is 5.61. The maximum atomic E-state index is 10.2. The second kappa shape index (κ2) is 6.74. The number of aromatic carboxylic acids is 2. The van der Waals surface area contributed by atoms with Gasteiger partial charge in [0.1, 0.15) is 0 Å². The van der Waals surface area contributed by atoms with Gasteiger partial charge >= 0.3 is 26.2 Å². The van der Waals surface area contributed by atoms with Crippen molar-refractivity contribution in [2.45, 2.75) is 0 Å². The van der Waals surface area contributed by atoms with Crippen LogP contribution in [0.1, 0.15) is 20.7 Å². The average molecular weight is 291 g/mol. The Labute approximate surface area is 105 Å². The van der Waals surface area contributed by atoms with E-state index in [9.17, 15) is 19.8 Å². The summed E-state index contributed by atoms with van der Waals surface area (Å²) in [5.74, 6) is -2.67. The third kappa shape index (κ3) is 4.03. The zero-order valence-corrected chi connectivity index (χ0v) is 10.0. The van der Waals surface area contributed by atoms with Crippen molar-refractivity contribution in [2.75, 3.05) is 0 Å². The van der Waals surface area contributed by atoms with E-state index in [0.29, 0.717) is 0 Å². The van der Waals surface area contributed by atoms with E-state index < -0.39 is 11.9 Å². The van der Waals surface area contributed by atoms with Gasteiger partial charge in [0.05, 0.1) is 11.9 Å². The van der Waals surface area contributed by atoms with Gasteiger partial charge in [0.25, 0.3) is 0 Å². The van der Waals surface area contributed by atoms with Gasteiger partial charge in [-0.25, -0.2) is 0 Å². The number of hydrogen-bond acceptors (Lipinski definition) is 4. The summed E-state index contributed by atoms with van der Waals surface area (Å²) in [5, 5.41) is 20.4. The molecule has 0 aromatic heterocycles. The molecule has 0 aliphatic carbocycles. The van der Waals surface area contributed by atoms with E-state index in [1.165, 1.54) is 0 Å². The molecule has 1 aromatic carbocycles. The van der Waals surface area contributed by atoms with Crippen LogP contribution in [0.4, 0.5) is 0 Å². The van der Waals surface area contributed by atoms with Crippen molar-refractivity contribution >= 4 is 11.9 Å². The molecular weight excluding hydrogens is 287 g/mol. The first-order valence-corrected chi connectivity index (χ1v) is 3.14. The minimum atomic E-state index is -1.33. The largest absolute Gasteiger partial charge is 3.00 e. The van der Waals surface area contributed by atoms with E-state index in [2.05, 4.69) is 0 Å². The molecule has 0 bridgehead atoms. The van der Waals surface area contributed by atoms with Gasteiger partial charge in [0.2, 0.25) is 0 Å². The van der Waals surface area contributed by atoms with Crippen LogP contribution in [0.2, 0.25) is 0 Å². The molecule has 0 saturated heterocycles. The van der Waals surface area contributed by atoms with Gasteiger partial charge in [0.15, 0.2) is 0 Å². The zero-order valence-electron chi connectivity index (χ0n) is 6.82. The first-order valence-electron chi connectivity index (χ1n) is 3.14. The summed E-state index contributed by atoms with van der Waals surface area (Å²) in [6.45, 7) is 0. The van der Waals surface area contributed by atoms with E-state index >= 15 is 0 Å². The Balaban J connectivity index is 0. The van der Waals surface area contributed by atoms with Crippen LogP contribution in [-0.2, 0) is 26.2 Å². The Morgan fingerprint density at radius 3 is 1.21 bits per heavy atom. The van der Waals surface area contributed by atoms with Crippen LogP contribution in [-0.4, -0.2) is 11.9 Å². The van der Waals surface area contributed by atoms with Crippen molar-refractivity contribution in [3.63, 3.8) is 0 Å². The number of carbonyl (C=O) groups excluding carboxylic acids is 2. The Morgan fingerprint density at radius 2 is 1.07 bits per heavy atom. The van der Waals surface area contributed by atoms with Crippen LogP contribution in [0.3, 0.4) is 0 Å². The number of rotatable bonds is 2. The fourth-order valence-corrected chi connectivity index (χ4v) is 0.742. The molecule has 4 nitrogen and oxygen atoms in total. The molecule has 0 saturated carbocycles. The fraction of sp³-hybridized carbons (Fsp3) is 0. The molecule has 0 spiro atoms. The van der Waals surface area contributed by atoms with Crippen LogP contribution in [0, 0.1) is 0 Å². The van der Waals surface area contributed by atoms with Gasteiger partial charge in [-0.1, -0.05) is 24.3 Å². The predicted molar refractivity (Wildman–Crippen MR) is 35.1 cm³/mol. The molecular formula is C8H4ClO4Zr. The molecule has 6 heteroatoms. The van der Waals surface area contributed by atoms with Crippen molar-refractivity contribution in [3.05, 3.63) is 35.4 Å². The number of carboxylic acid groups (broad SMARTS) is 2. The second-order valence-corrected chi connectivity index (χ2v) is 2.15. The smallest absolute Gasteiger partial charge is 1.00 e. The average Bonchev–Trinajstić information content (AvgIpc) is 2.04. The molecule has 0 amide bonds. The summed E-state index contributed by atoms with van der Waals surface area (Å²) in [6.07, 6.45) is 0. The van der Waals surface area contributed by atoms with Crippen LogP contribution in [0.5, 0.6) is 0 Å². The SMILES string of the molecule is O=C([O-])c1ccc(C(=O)[O-])cc1.[Cl-].[Zr+3]. The normalized spacial score (nSPS) is 8.00. The maximum Gasteiger partial charge on any atom is 3.00 e. The molecule has 71 valence electrons. The zero-order chi connectivity index (χ0) is 9.14. The summed E-state index contributed by atoms with van der Waals surface area (Å²) < 4.78 is 0. The Hall–Kier alpha value is -0.667. The number of benzene rings is 1. The van der Waals surface area contributed by atoms with Crippen LogP contribution in [0.25, 0.3) is 0 Å². The van der Waals surface area contributed by atoms with Crippen molar-refractivity contribution in [1.82, 2.24) is 0 Å². The Morgan fingerprint density at radius 1 is 0.857 bits per heavy atom. The van der Waals surface area contributed by atoms with E-state index in [-0.39, 0.29) is 49.7 Å². The van der Waals surface area contributed by atoms with Crippen LogP contribution >= 0.6 is 0 Å². The minimum absolute atomic E-state index is 0. The molecule has 0 aliphatic heterocycles. The monoisotopic (exact) mass is 289 g/mol. The molecule has 0 aliphatic rings. The molecule has 0 atom stereocenters. The van der Waals surface area contributed by atoms with E-state index in [1.54, 1.807) is 0 Å². The fourth-order valence-electron chi connectivity index (χ4n) is 0.742. The van der Waals surface area contributed by atoms with Gasteiger partial charge in [-0.05, 0) is 11.1 Å². The molecule has 0 unspecified atom stereocenters. The van der Waals surface area contributed by atoms with Crippen molar-refractivity contribution in [1.29, 1.82) is 0 Å². The van der Waals surface area contributed by atoms with Gasteiger partial charge in [-0.3, -0.25) is 0 Å². The summed E-state index contributed by atoms with van der Waals surface area (Å²) >= 11 is 0. The Bertz CT molecular complexity index is 290. The molecule has 1 aromatic rings. The summed E-state index contributed by atoms with van der Waals surface area (Å²) in [7, 11) is 0. The number of carbonyl (C=O) groups is 2. The number of halogens is 1. The topological polar surface area (TPSA) is 80.3 Å². The summed E-state index contributed by atoms with van der Waals surface area (Å²) in [5.41, 5.74) is -0.111. The van der Waals surface area contributed by atoms with Gasteiger partial charge in [0, 0.05) is 0 Å². The van der Waals surface area contributed by atoms with E-state index in [4.69, 9.17) is 0 Å². The molecule has 0 heterocycles. The van der Waals surface area contributed by atoms with Crippen molar-refractivity contribution in [2.24, 2.45) is 0 Å². The molecule has 14 heavy (non-hydrogen) atoms. The molecule has 0 N–H and O–H groups in total.